The van der Waals surface area contributed by atoms with E-state index in [1.807, 2.05) is 0 Å². The fraction of sp³-hybridized carbons (Fsp3) is 0.538. The lowest BCUT2D eigenvalue weighted by molar-refractivity contribution is 0.389. The lowest BCUT2D eigenvalue weighted by Gasteiger charge is -2.22. The summed E-state index contributed by atoms with van der Waals surface area (Å²) in [5, 5.41) is 0. The zero-order valence-corrected chi connectivity index (χ0v) is 11.6. The largest absolute Gasteiger partial charge is 0.396 e. The van der Waals surface area contributed by atoms with E-state index in [1.165, 1.54) is 0 Å². The highest BCUT2D eigenvalue weighted by Gasteiger charge is 2.41. The summed E-state index contributed by atoms with van der Waals surface area (Å²) in [5.74, 6) is -1.18. The molecule has 0 spiro atoms. The van der Waals surface area contributed by atoms with Gasteiger partial charge in [-0.05, 0) is 37.2 Å². The highest BCUT2D eigenvalue weighted by molar-refractivity contribution is 7.89. The minimum Gasteiger partial charge on any atom is -0.396 e. The molecule has 3 atom stereocenters. The zero-order valence-electron chi connectivity index (χ0n) is 10.8. The van der Waals surface area contributed by atoms with Crippen LogP contribution in [0.5, 0.6) is 0 Å². The van der Waals surface area contributed by atoms with Crippen molar-refractivity contribution in [2.75, 3.05) is 5.73 Å². The predicted molar refractivity (Wildman–Crippen MR) is 70.3 cm³/mol. The number of hydrogen-bond acceptors (Lipinski definition) is 3. The molecule has 20 heavy (non-hydrogen) atoms. The van der Waals surface area contributed by atoms with E-state index in [1.54, 1.807) is 0 Å². The van der Waals surface area contributed by atoms with Gasteiger partial charge in [0.1, 0.15) is 16.5 Å². The normalized spacial score (nSPS) is 29.0. The van der Waals surface area contributed by atoms with Crippen molar-refractivity contribution in [2.24, 2.45) is 11.8 Å². The topological polar surface area (TPSA) is 72.2 Å². The van der Waals surface area contributed by atoms with E-state index >= 15 is 0 Å². The number of benzene rings is 1. The Balaban J connectivity index is 1.87. The van der Waals surface area contributed by atoms with E-state index in [4.69, 9.17) is 5.73 Å². The minimum atomic E-state index is -4.01. The molecule has 0 aliphatic heterocycles. The number of anilines is 1. The molecule has 3 rings (SSSR count). The summed E-state index contributed by atoms with van der Waals surface area (Å²) in [5.41, 5.74) is 4.95. The number of hydrogen-bond donors (Lipinski definition) is 2. The number of halogens is 2. The second-order valence-corrected chi connectivity index (χ2v) is 7.39. The second kappa shape index (κ2) is 4.66. The monoisotopic (exact) mass is 302 g/mol. The summed E-state index contributed by atoms with van der Waals surface area (Å²) in [6.45, 7) is 0. The molecule has 110 valence electrons. The van der Waals surface area contributed by atoms with Crippen molar-refractivity contribution < 1.29 is 17.2 Å². The van der Waals surface area contributed by atoms with Crippen LogP contribution >= 0.6 is 0 Å². The molecule has 1 aromatic rings. The van der Waals surface area contributed by atoms with E-state index in [-0.39, 0.29) is 11.7 Å². The van der Waals surface area contributed by atoms with Crippen LogP contribution in [0.4, 0.5) is 14.5 Å². The van der Waals surface area contributed by atoms with Crippen LogP contribution in [0.25, 0.3) is 0 Å². The highest BCUT2D eigenvalue weighted by Crippen LogP contribution is 2.44. The SMILES string of the molecule is Nc1cc(S(=O)(=O)NC2CC3CCC2C3)c(F)cc1F. The third kappa shape index (κ3) is 2.29. The van der Waals surface area contributed by atoms with E-state index in [0.717, 1.165) is 31.7 Å². The van der Waals surface area contributed by atoms with E-state index < -0.39 is 26.6 Å². The van der Waals surface area contributed by atoms with Gasteiger partial charge in [0, 0.05) is 12.1 Å². The smallest absolute Gasteiger partial charge is 0.243 e. The number of nitrogens with one attached hydrogen (secondary N) is 1. The number of nitrogens with two attached hydrogens (primary N) is 1. The fourth-order valence-electron chi connectivity index (χ4n) is 3.40. The first-order chi connectivity index (χ1) is 9.37. The molecule has 0 aromatic heterocycles. The molecule has 2 saturated carbocycles. The van der Waals surface area contributed by atoms with E-state index in [2.05, 4.69) is 4.72 Å². The zero-order chi connectivity index (χ0) is 14.5. The van der Waals surface area contributed by atoms with Gasteiger partial charge in [-0.2, -0.15) is 0 Å². The standard InChI is InChI=1S/C13H16F2N2O2S/c14-9-5-10(15)13(6-11(9)16)20(18,19)17-12-4-7-1-2-8(12)3-7/h5-8,12,17H,1-4,16H2. The molecule has 0 radical (unpaired) electrons. The van der Waals surface area contributed by atoms with Crippen LogP contribution in [-0.2, 0) is 10.0 Å². The third-order valence-electron chi connectivity index (χ3n) is 4.39. The maximum absolute atomic E-state index is 13.7. The summed E-state index contributed by atoms with van der Waals surface area (Å²) < 4.78 is 53.8. The van der Waals surface area contributed by atoms with Crippen LogP contribution in [0.3, 0.4) is 0 Å². The Kier molecular flexibility index (Phi) is 3.21. The van der Waals surface area contributed by atoms with Gasteiger partial charge in [-0.1, -0.05) is 6.42 Å². The highest BCUT2D eigenvalue weighted by atomic mass is 32.2. The van der Waals surface area contributed by atoms with Crippen LogP contribution < -0.4 is 10.5 Å². The van der Waals surface area contributed by atoms with Crippen molar-refractivity contribution in [1.29, 1.82) is 0 Å². The number of nitrogen functional groups attached to an aromatic ring is 1. The van der Waals surface area contributed by atoms with Gasteiger partial charge in [-0.25, -0.2) is 21.9 Å². The summed E-state index contributed by atoms with van der Waals surface area (Å²) in [7, 11) is -4.01. The van der Waals surface area contributed by atoms with Crippen LogP contribution in [0.1, 0.15) is 25.7 Å². The molecule has 2 fully saturated rings. The first-order valence-corrected chi connectivity index (χ1v) is 8.12. The number of sulfonamides is 1. The molecule has 0 heterocycles. The lowest BCUT2D eigenvalue weighted by atomic mass is 9.96. The molecular weight excluding hydrogens is 286 g/mol. The first kappa shape index (κ1) is 13.8. The summed E-state index contributed by atoms with van der Waals surface area (Å²) in [4.78, 5) is -0.584. The van der Waals surface area contributed by atoms with Crippen molar-refractivity contribution in [3.63, 3.8) is 0 Å². The maximum Gasteiger partial charge on any atom is 0.243 e. The second-order valence-electron chi connectivity index (χ2n) is 5.71. The van der Waals surface area contributed by atoms with Gasteiger partial charge < -0.3 is 5.73 Å². The summed E-state index contributed by atoms with van der Waals surface area (Å²) in [6, 6.07) is 1.19. The van der Waals surface area contributed by atoms with Crippen LogP contribution in [0.15, 0.2) is 17.0 Å². The fourth-order valence-corrected chi connectivity index (χ4v) is 4.81. The van der Waals surface area contributed by atoms with Crippen LogP contribution in [0, 0.1) is 23.5 Å². The molecule has 2 aliphatic carbocycles. The molecular formula is C13H16F2N2O2S. The van der Waals surface area contributed by atoms with E-state index in [0.29, 0.717) is 17.9 Å². The van der Waals surface area contributed by atoms with E-state index in [9.17, 15) is 17.2 Å². The molecule has 2 aliphatic rings. The maximum atomic E-state index is 13.7. The average molecular weight is 302 g/mol. The Morgan fingerprint density at radius 1 is 1.15 bits per heavy atom. The van der Waals surface area contributed by atoms with Gasteiger partial charge in [0.05, 0.1) is 5.69 Å². The van der Waals surface area contributed by atoms with Crippen molar-refractivity contribution in [3.05, 3.63) is 23.8 Å². The van der Waals surface area contributed by atoms with Gasteiger partial charge in [0.25, 0.3) is 0 Å². The molecule has 1 aromatic carbocycles. The minimum absolute atomic E-state index is 0.149. The van der Waals surface area contributed by atoms with Crippen molar-refractivity contribution in [2.45, 2.75) is 36.6 Å². The van der Waals surface area contributed by atoms with Crippen molar-refractivity contribution in [3.8, 4) is 0 Å². The van der Waals surface area contributed by atoms with Gasteiger partial charge in [-0.3, -0.25) is 0 Å². The Labute approximate surface area is 116 Å². The van der Waals surface area contributed by atoms with Gasteiger partial charge >= 0.3 is 0 Å². The van der Waals surface area contributed by atoms with Crippen LogP contribution in [-0.4, -0.2) is 14.5 Å². The third-order valence-corrected chi connectivity index (χ3v) is 5.89. The summed E-state index contributed by atoms with van der Waals surface area (Å²) in [6.07, 6.45) is 3.97. The lowest BCUT2D eigenvalue weighted by Crippen LogP contribution is -2.38. The quantitative estimate of drug-likeness (QED) is 0.839. The van der Waals surface area contributed by atoms with Crippen molar-refractivity contribution in [1.82, 2.24) is 4.72 Å². The molecule has 4 nitrogen and oxygen atoms in total. The van der Waals surface area contributed by atoms with Gasteiger partial charge in [0.15, 0.2) is 0 Å². The Bertz CT molecular complexity index is 648. The molecule has 3 N–H and O–H groups in total. The molecule has 3 unspecified atom stereocenters. The molecule has 7 heteroatoms. The Hall–Kier alpha value is -1.21. The van der Waals surface area contributed by atoms with Crippen molar-refractivity contribution >= 4 is 15.7 Å². The molecule has 0 saturated heterocycles. The van der Waals surface area contributed by atoms with Gasteiger partial charge in [0.2, 0.25) is 10.0 Å². The van der Waals surface area contributed by atoms with Gasteiger partial charge in [-0.15, -0.1) is 0 Å². The Morgan fingerprint density at radius 3 is 2.50 bits per heavy atom. The Morgan fingerprint density at radius 2 is 1.90 bits per heavy atom. The number of fused-ring (bicyclic) bond motifs is 2. The molecule has 0 amide bonds. The first-order valence-electron chi connectivity index (χ1n) is 6.63. The number of rotatable bonds is 3. The average Bonchev–Trinajstić information content (AvgIpc) is 2.95. The predicted octanol–water partition coefficient (Wildman–Crippen LogP) is 2.01. The summed E-state index contributed by atoms with van der Waals surface area (Å²) >= 11 is 0. The molecule has 2 bridgehead atoms. The van der Waals surface area contributed by atoms with Crippen LogP contribution in [0.2, 0.25) is 0 Å².